The Kier molecular flexibility index (Phi) is 3.90. The Labute approximate surface area is 106 Å². The molecule has 0 saturated carbocycles. The van der Waals surface area contributed by atoms with E-state index in [9.17, 15) is 29.8 Å². The summed E-state index contributed by atoms with van der Waals surface area (Å²) in [5.41, 5.74) is -1.47. The predicted octanol–water partition coefficient (Wildman–Crippen LogP) is 1.40. The van der Waals surface area contributed by atoms with Crippen molar-refractivity contribution in [1.82, 2.24) is 0 Å². The molecule has 0 bridgehead atoms. The fourth-order valence-corrected chi connectivity index (χ4v) is 1.52. The van der Waals surface area contributed by atoms with Gasteiger partial charge in [-0.2, -0.15) is 0 Å². The Bertz CT molecular complexity index is 569. The fourth-order valence-electron chi connectivity index (χ4n) is 1.52. The number of nitro groups is 2. The second-order valence-corrected chi connectivity index (χ2v) is 3.56. The second kappa shape index (κ2) is 5.21. The molecule has 1 aromatic rings. The summed E-state index contributed by atoms with van der Waals surface area (Å²) in [4.78, 5) is 43.0. The molecule has 0 aromatic heterocycles. The lowest BCUT2D eigenvalue weighted by atomic mass is 10.2. The number of nitrogens with zero attached hydrogens (tertiary/aromatic N) is 3. The molecule has 1 aromatic carbocycles. The van der Waals surface area contributed by atoms with Crippen molar-refractivity contribution >= 4 is 28.9 Å². The van der Waals surface area contributed by atoms with Crippen LogP contribution >= 0.6 is 0 Å². The van der Waals surface area contributed by atoms with Gasteiger partial charge in [0.15, 0.2) is 0 Å². The highest BCUT2D eigenvalue weighted by Gasteiger charge is 2.27. The smallest absolute Gasteiger partial charge is 0.274 e. The summed E-state index contributed by atoms with van der Waals surface area (Å²) in [7, 11) is 0. The maximum atomic E-state index is 11.3. The van der Waals surface area contributed by atoms with Crippen molar-refractivity contribution < 1.29 is 19.4 Å². The lowest BCUT2D eigenvalue weighted by Gasteiger charge is -2.16. The number of imide groups is 1. The number of hydrogen-bond acceptors (Lipinski definition) is 6. The number of carbonyl (C=O) groups is 2. The molecular weight excluding hydrogens is 258 g/mol. The standard InChI is InChI=1S/C10H9N3O6/c1-6(14)11(7(2)15)9-4-3-8(12(16)17)5-10(9)13(18)19/h3-5H,1-2H3. The van der Waals surface area contributed by atoms with Crippen molar-refractivity contribution in [1.29, 1.82) is 0 Å². The first-order chi connectivity index (χ1) is 8.75. The molecule has 0 N–H and O–H groups in total. The second-order valence-electron chi connectivity index (χ2n) is 3.56. The number of amides is 2. The van der Waals surface area contributed by atoms with E-state index in [4.69, 9.17) is 0 Å². The van der Waals surface area contributed by atoms with Crippen LogP contribution in [0.1, 0.15) is 13.8 Å². The molecule has 0 radical (unpaired) electrons. The Morgan fingerprint density at radius 1 is 1.05 bits per heavy atom. The van der Waals surface area contributed by atoms with Crippen LogP contribution in [0.2, 0.25) is 0 Å². The number of hydrogen-bond donors (Lipinski definition) is 0. The highest BCUT2D eigenvalue weighted by atomic mass is 16.6. The van der Waals surface area contributed by atoms with Gasteiger partial charge in [-0.1, -0.05) is 0 Å². The molecule has 1 rings (SSSR count). The van der Waals surface area contributed by atoms with Gasteiger partial charge in [0.1, 0.15) is 5.69 Å². The summed E-state index contributed by atoms with van der Waals surface area (Å²) in [5.74, 6) is -1.44. The van der Waals surface area contributed by atoms with Crippen LogP contribution in [0.3, 0.4) is 0 Å². The van der Waals surface area contributed by atoms with E-state index in [1.807, 2.05) is 0 Å². The van der Waals surface area contributed by atoms with E-state index >= 15 is 0 Å². The molecule has 0 aliphatic carbocycles. The quantitative estimate of drug-likeness (QED) is 0.602. The minimum Gasteiger partial charge on any atom is -0.274 e. The van der Waals surface area contributed by atoms with Crippen LogP contribution in [0.15, 0.2) is 18.2 Å². The molecule has 0 spiro atoms. The number of rotatable bonds is 3. The van der Waals surface area contributed by atoms with E-state index in [0.717, 1.165) is 26.0 Å². The largest absolute Gasteiger partial charge is 0.300 e. The zero-order valence-electron chi connectivity index (χ0n) is 10.0. The molecule has 9 heteroatoms. The van der Waals surface area contributed by atoms with Crippen LogP contribution in [-0.2, 0) is 9.59 Å². The first-order valence-electron chi connectivity index (χ1n) is 4.99. The highest BCUT2D eigenvalue weighted by Crippen LogP contribution is 2.32. The zero-order chi connectivity index (χ0) is 14.7. The molecule has 0 fully saturated rings. The summed E-state index contributed by atoms with van der Waals surface area (Å²) < 4.78 is 0. The van der Waals surface area contributed by atoms with Gasteiger partial charge in [0.2, 0.25) is 11.8 Å². The molecule has 0 aliphatic rings. The van der Waals surface area contributed by atoms with Gasteiger partial charge < -0.3 is 0 Å². The van der Waals surface area contributed by atoms with E-state index in [0.29, 0.717) is 11.0 Å². The Morgan fingerprint density at radius 3 is 1.95 bits per heavy atom. The van der Waals surface area contributed by atoms with E-state index in [1.54, 1.807) is 0 Å². The van der Waals surface area contributed by atoms with E-state index in [-0.39, 0.29) is 5.69 Å². The Balaban J connectivity index is 3.50. The van der Waals surface area contributed by atoms with Crippen LogP contribution in [0.4, 0.5) is 17.1 Å². The fraction of sp³-hybridized carbons (Fsp3) is 0.200. The highest BCUT2D eigenvalue weighted by molar-refractivity contribution is 6.14. The topological polar surface area (TPSA) is 124 Å². The molecule has 19 heavy (non-hydrogen) atoms. The van der Waals surface area contributed by atoms with Crippen LogP contribution in [-0.4, -0.2) is 21.7 Å². The van der Waals surface area contributed by atoms with Gasteiger partial charge in [-0.25, -0.2) is 4.90 Å². The molecule has 0 aliphatic heterocycles. The minimum absolute atomic E-state index is 0.296. The van der Waals surface area contributed by atoms with Crippen molar-refractivity contribution in [3.8, 4) is 0 Å². The number of non-ortho nitro benzene ring substituents is 1. The van der Waals surface area contributed by atoms with Crippen molar-refractivity contribution in [2.45, 2.75) is 13.8 Å². The summed E-state index contributed by atoms with van der Waals surface area (Å²) in [6, 6.07) is 2.69. The van der Waals surface area contributed by atoms with Crippen LogP contribution in [0, 0.1) is 20.2 Å². The van der Waals surface area contributed by atoms with Gasteiger partial charge in [0, 0.05) is 19.9 Å². The lowest BCUT2D eigenvalue weighted by molar-refractivity contribution is -0.393. The van der Waals surface area contributed by atoms with Crippen molar-refractivity contribution in [2.24, 2.45) is 0 Å². The predicted molar refractivity (Wildman–Crippen MR) is 63.6 cm³/mol. The van der Waals surface area contributed by atoms with Crippen LogP contribution in [0.5, 0.6) is 0 Å². The van der Waals surface area contributed by atoms with Gasteiger partial charge >= 0.3 is 0 Å². The van der Waals surface area contributed by atoms with E-state index in [2.05, 4.69) is 0 Å². The number of anilines is 1. The van der Waals surface area contributed by atoms with Gasteiger partial charge in [-0.15, -0.1) is 0 Å². The molecule has 100 valence electrons. The summed E-state index contributed by atoms with van der Waals surface area (Å²) in [6.07, 6.45) is 0. The molecule has 0 heterocycles. The number of benzene rings is 1. The van der Waals surface area contributed by atoms with Crippen LogP contribution < -0.4 is 4.90 Å². The molecular formula is C10H9N3O6. The van der Waals surface area contributed by atoms with Gasteiger partial charge in [-0.3, -0.25) is 29.8 Å². The summed E-state index contributed by atoms with van der Waals surface area (Å²) >= 11 is 0. The maximum Gasteiger partial charge on any atom is 0.300 e. The maximum absolute atomic E-state index is 11.3. The average molecular weight is 267 g/mol. The SMILES string of the molecule is CC(=O)N(C(C)=O)c1ccc([N+](=O)[O-])cc1[N+](=O)[O-]. The summed E-state index contributed by atoms with van der Waals surface area (Å²) in [5, 5.41) is 21.4. The van der Waals surface area contributed by atoms with Crippen molar-refractivity contribution in [3.05, 3.63) is 38.4 Å². The Morgan fingerprint density at radius 2 is 1.58 bits per heavy atom. The molecule has 2 amide bonds. The van der Waals surface area contributed by atoms with Gasteiger partial charge in [0.05, 0.1) is 15.9 Å². The monoisotopic (exact) mass is 267 g/mol. The molecule has 9 nitrogen and oxygen atoms in total. The number of nitro benzene ring substituents is 2. The Hall–Kier alpha value is -2.84. The van der Waals surface area contributed by atoms with Crippen LogP contribution in [0.25, 0.3) is 0 Å². The third-order valence-electron chi connectivity index (χ3n) is 2.24. The van der Waals surface area contributed by atoms with Gasteiger partial charge in [-0.05, 0) is 6.07 Å². The third kappa shape index (κ3) is 2.89. The van der Waals surface area contributed by atoms with E-state index in [1.165, 1.54) is 0 Å². The lowest BCUT2D eigenvalue weighted by Crippen LogP contribution is -2.33. The first-order valence-corrected chi connectivity index (χ1v) is 4.99. The zero-order valence-corrected chi connectivity index (χ0v) is 10.0. The summed E-state index contributed by atoms with van der Waals surface area (Å²) in [6.45, 7) is 2.12. The van der Waals surface area contributed by atoms with Crippen molar-refractivity contribution in [3.63, 3.8) is 0 Å². The first kappa shape index (κ1) is 14.2. The normalized spacial score (nSPS) is 9.79. The average Bonchev–Trinajstić information content (AvgIpc) is 2.27. The van der Waals surface area contributed by atoms with Gasteiger partial charge in [0.25, 0.3) is 11.4 Å². The molecule has 0 saturated heterocycles. The third-order valence-corrected chi connectivity index (χ3v) is 2.24. The minimum atomic E-state index is -0.888. The van der Waals surface area contributed by atoms with E-state index < -0.39 is 33.0 Å². The molecule has 0 unspecified atom stereocenters. The number of carbonyl (C=O) groups excluding carboxylic acids is 2. The van der Waals surface area contributed by atoms with Crippen molar-refractivity contribution in [2.75, 3.05) is 4.90 Å². The molecule has 0 atom stereocenters.